The number of thiazole rings is 1. The number of nitrogens with one attached hydrogen (secondary N) is 1. The number of hydrogen-bond acceptors (Lipinski definition) is 9. The summed E-state index contributed by atoms with van der Waals surface area (Å²) in [5.41, 5.74) is 2.68. The maximum atomic E-state index is 11.1. The monoisotopic (exact) mass is 601 g/mol. The van der Waals surface area contributed by atoms with E-state index in [0.717, 1.165) is 40.6 Å². The molecule has 10 nitrogen and oxygen atoms in total. The van der Waals surface area contributed by atoms with Gasteiger partial charge in [-0.1, -0.05) is 13.8 Å². The maximum absolute atomic E-state index is 11.1. The number of methoxy groups -OCH3 is 1. The van der Waals surface area contributed by atoms with E-state index in [1.165, 1.54) is 6.26 Å². The maximum Gasteiger partial charge on any atom is 0.214 e. The number of Topliss-reactive ketones (excluding diaryl/α,β-unsaturated/α-hetero) is 1. The van der Waals surface area contributed by atoms with E-state index < -0.39 is 10.0 Å². The normalized spacial score (nSPS) is 13.0. The molecule has 1 aromatic carbocycles. The van der Waals surface area contributed by atoms with Gasteiger partial charge in [-0.25, -0.2) is 18.1 Å². The number of ketones is 1. The Morgan fingerprint density at radius 3 is 2.17 bits per heavy atom. The van der Waals surface area contributed by atoms with E-state index in [2.05, 4.69) is 33.8 Å². The Bertz CT molecular complexity index is 1460. The van der Waals surface area contributed by atoms with Crippen LogP contribution in [0.1, 0.15) is 71.0 Å². The molecule has 0 atom stereocenters. The SMILES string of the molecule is CC(C)C(=O)c1ccco1.CC(C)NS(=O)(=O)C1CC1.COc1ccc(-c2nn(C(C)C)nc2-c2nccs2)cc1. The third kappa shape index (κ3) is 9.34. The minimum Gasteiger partial charge on any atom is -0.497 e. The molecule has 0 bridgehead atoms. The Hall–Kier alpha value is -3.35. The van der Waals surface area contributed by atoms with Gasteiger partial charge in [0.1, 0.15) is 22.1 Å². The molecule has 41 heavy (non-hydrogen) atoms. The van der Waals surface area contributed by atoms with Crippen LogP contribution in [0.5, 0.6) is 5.75 Å². The van der Waals surface area contributed by atoms with Gasteiger partial charge in [0.05, 0.1) is 24.7 Å². The number of benzene rings is 1. The Morgan fingerprint density at radius 1 is 1.05 bits per heavy atom. The first kappa shape index (κ1) is 32.2. The zero-order valence-corrected chi connectivity index (χ0v) is 26.2. The van der Waals surface area contributed by atoms with Crippen molar-refractivity contribution in [1.29, 1.82) is 0 Å². The first-order valence-corrected chi connectivity index (χ1v) is 16.0. The summed E-state index contributed by atoms with van der Waals surface area (Å²) in [7, 11) is -1.28. The van der Waals surface area contributed by atoms with E-state index in [4.69, 9.17) is 9.15 Å². The number of rotatable bonds is 9. The van der Waals surface area contributed by atoms with Crippen LogP contribution in [-0.4, -0.2) is 52.6 Å². The van der Waals surface area contributed by atoms with Crippen molar-refractivity contribution in [2.24, 2.45) is 5.92 Å². The predicted octanol–water partition coefficient (Wildman–Crippen LogP) is 6.25. The molecule has 12 heteroatoms. The van der Waals surface area contributed by atoms with Crippen molar-refractivity contribution >= 4 is 27.1 Å². The van der Waals surface area contributed by atoms with Crippen molar-refractivity contribution in [3.8, 4) is 27.7 Å². The first-order chi connectivity index (χ1) is 19.4. The van der Waals surface area contributed by atoms with E-state index in [1.807, 2.05) is 57.3 Å². The van der Waals surface area contributed by atoms with Crippen LogP contribution >= 0.6 is 11.3 Å². The minimum absolute atomic E-state index is 0.0196. The van der Waals surface area contributed by atoms with Crippen LogP contribution in [0.15, 0.2) is 58.7 Å². The van der Waals surface area contributed by atoms with Gasteiger partial charge in [0.15, 0.2) is 11.5 Å². The summed E-state index contributed by atoms with van der Waals surface area (Å²) < 4.78 is 34.8. The Kier molecular flexibility index (Phi) is 11.4. The number of hydrogen-bond donors (Lipinski definition) is 1. The van der Waals surface area contributed by atoms with E-state index in [0.29, 0.717) is 5.76 Å². The molecule has 1 aliphatic rings. The number of carbonyl (C=O) groups excluding carboxylic acids is 1. The van der Waals surface area contributed by atoms with Gasteiger partial charge in [-0.3, -0.25) is 4.79 Å². The molecule has 3 heterocycles. The number of ether oxygens (including phenoxy) is 1. The highest BCUT2D eigenvalue weighted by molar-refractivity contribution is 7.90. The second-order valence-corrected chi connectivity index (χ2v) is 13.3. The van der Waals surface area contributed by atoms with Gasteiger partial charge in [0.25, 0.3) is 0 Å². The standard InChI is InChI=1S/C15H16N4OS.C8H10O2.C6H13NO2S/c1-10(2)19-17-13(11-4-6-12(20-3)7-5-11)14(18-19)15-16-8-9-21-15;1-6(2)8(9)7-4-3-5-10-7;1-5(2)7-10(8,9)6-3-4-6/h4-10H,1-3H3;3-6H,1-2H3;5-7H,3-4H2,1-2H3. The fourth-order valence-corrected chi connectivity index (χ4v) is 5.71. The van der Waals surface area contributed by atoms with Gasteiger partial charge in [-0.2, -0.15) is 9.90 Å². The molecule has 5 rings (SSSR count). The molecule has 0 saturated heterocycles. The lowest BCUT2D eigenvalue weighted by molar-refractivity contribution is 0.0911. The second-order valence-electron chi connectivity index (χ2n) is 10.4. The van der Waals surface area contributed by atoms with Crippen LogP contribution in [0, 0.1) is 5.92 Å². The van der Waals surface area contributed by atoms with E-state index in [-0.39, 0.29) is 29.0 Å². The van der Waals surface area contributed by atoms with Crippen LogP contribution in [0.3, 0.4) is 0 Å². The van der Waals surface area contributed by atoms with Crippen molar-refractivity contribution in [2.45, 2.75) is 71.7 Å². The molecule has 0 amide bonds. The van der Waals surface area contributed by atoms with Crippen LogP contribution in [0.25, 0.3) is 22.0 Å². The summed E-state index contributed by atoms with van der Waals surface area (Å²) in [5.74, 6) is 1.36. The topological polar surface area (TPSA) is 129 Å². The third-order valence-electron chi connectivity index (χ3n) is 5.74. The van der Waals surface area contributed by atoms with E-state index >= 15 is 0 Å². The van der Waals surface area contributed by atoms with Gasteiger partial charge >= 0.3 is 0 Å². The summed E-state index contributed by atoms with van der Waals surface area (Å²) in [6.07, 6.45) is 4.96. The fourth-order valence-electron chi connectivity index (χ4n) is 3.49. The van der Waals surface area contributed by atoms with Gasteiger partial charge in [-0.05, 0) is 76.9 Å². The molecule has 0 radical (unpaired) electrons. The summed E-state index contributed by atoms with van der Waals surface area (Å²) in [6, 6.07) is 11.5. The van der Waals surface area contributed by atoms with Gasteiger partial charge in [-0.15, -0.1) is 16.4 Å². The van der Waals surface area contributed by atoms with E-state index in [9.17, 15) is 13.2 Å². The summed E-state index contributed by atoms with van der Waals surface area (Å²) in [5, 5.41) is 12.0. The highest BCUT2D eigenvalue weighted by Crippen LogP contribution is 2.31. The van der Waals surface area contributed by atoms with Crippen molar-refractivity contribution in [1.82, 2.24) is 24.7 Å². The molecule has 0 aliphatic heterocycles. The third-order valence-corrected chi connectivity index (χ3v) is 8.67. The zero-order valence-electron chi connectivity index (χ0n) is 24.6. The fraction of sp³-hybridized carbons (Fsp3) is 0.448. The highest BCUT2D eigenvalue weighted by Gasteiger charge is 2.35. The van der Waals surface area contributed by atoms with Crippen LogP contribution in [-0.2, 0) is 10.0 Å². The molecule has 4 aromatic rings. The zero-order chi connectivity index (χ0) is 30.2. The lowest BCUT2D eigenvalue weighted by atomic mass is 10.1. The largest absolute Gasteiger partial charge is 0.497 e. The lowest BCUT2D eigenvalue weighted by Gasteiger charge is -2.07. The smallest absolute Gasteiger partial charge is 0.214 e. The molecule has 3 aromatic heterocycles. The number of aromatic nitrogens is 4. The number of furan rings is 1. The van der Waals surface area contributed by atoms with Gasteiger partial charge in [0.2, 0.25) is 10.0 Å². The van der Waals surface area contributed by atoms with Crippen LogP contribution < -0.4 is 9.46 Å². The quantitative estimate of drug-likeness (QED) is 0.223. The first-order valence-electron chi connectivity index (χ1n) is 13.5. The van der Waals surface area contributed by atoms with Crippen molar-refractivity contribution in [3.05, 3.63) is 60.0 Å². The molecule has 222 valence electrons. The Labute approximate surface area is 246 Å². The van der Waals surface area contributed by atoms with Crippen molar-refractivity contribution in [3.63, 3.8) is 0 Å². The van der Waals surface area contributed by atoms with Crippen LogP contribution in [0.4, 0.5) is 0 Å². The summed E-state index contributed by atoms with van der Waals surface area (Å²) in [4.78, 5) is 17.2. The van der Waals surface area contributed by atoms with Gasteiger partial charge < -0.3 is 9.15 Å². The number of sulfonamides is 1. The molecule has 1 fully saturated rings. The summed E-state index contributed by atoms with van der Waals surface area (Å²) >= 11 is 1.57. The Balaban J connectivity index is 0.000000193. The average Bonchev–Trinajstić information content (AvgIpc) is 3.30. The molecular weight excluding hydrogens is 562 g/mol. The Morgan fingerprint density at radius 2 is 1.71 bits per heavy atom. The van der Waals surface area contributed by atoms with E-state index in [1.54, 1.807) is 41.6 Å². The molecule has 1 aliphatic carbocycles. The number of carbonyl (C=O) groups is 1. The van der Waals surface area contributed by atoms with Crippen LogP contribution in [0.2, 0.25) is 0 Å². The summed E-state index contributed by atoms with van der Waals surface area (Å²) in [6.45, 7) is 11.5. The molecule has 0 spiro atoms. The molecular formula is C29H39N5O5S2. The second kappa shape index (κ2) is 14.5. The van der Waals surface area contributed by atoms with Crippen molar-refractivity contribution in [2.75, 3.05) is 7.11 Å². The molecule has 1 saturated carbocycles. The molecule has 0 unspecified atom stereocenters. The van der Waals surface area contributed by atoms with Gasteiger partial charge in [0, 0.05) is 29.1 Å². The molecule has 1 N–H and O–H groups in total. The highest BCUT2D eigenvalue weighted by atomic mass is 32.2. The number of nitrogens with zero attached hydrogens (tertiary/aromatic N) is 4. The minimum atomic E-state index is -2.94. The van der Waals surface area contributed by atoms with Crippen molar-refractivity contribution < 1.29 is 22.4 Å². The lowest BCUT2D eigenvalue weighted by Crippen LogP contribution is -2.32. The average molecular weight is 602 g/mol. The predicted molar refractivity (Wildman–Crippen MR) is 162 cm³/mol.